The number of rotatable bonds is 14. The molecule has 0 aliphatic carbocycles. The lowest BCUT2D eigenvalue weighted by molar-refractivity contribution is -0.132. The van der Waals surface area contributed by atoms with E-state index in [0.717, 1.165) is 34.4 Å². The Bertz CT molecular complexity index is 870. The second-order valence-corrected chi connectivity index (χ2v) is 8.99. The highest BCUT2D eigenvalue weighted by molar-refractivity contribution is 8.14. The van der Waals surface area contributed by atoms with Crippen molar-refractivity contribution in [1.29, 1.82) is 0 Å². The Balaban J connectivity index is 1.72. The van der Waals surface area contributed by atoms with Crippen molar-refractivity contribution in [2.45, 2.75) is 70.1 Å². The molecule has 0 heterocycles. The largest absolute Gasteiger partial charge is 0.494 e. The maximum atomic E-state index is 12.5. The van der Waals surface area contributed by atoms with E-state index < -0.39 is 5.97 Å². The Hall–Kier alpha value is -2.53. The molecule has 0 aliphatic heterocycles. The monoisotopic (exact) mass is 454 g/mol. The molecule has 5 heteroatoms. The third kappa shape index (κ3) is 9.73. The normalized spacial score (nSPS) is 11.4. The number of carboxylic acid groups (broad SMARTS) is 1. The summed E-state index contributed by atoms with van der Waals surface area (Å²) in [6.07, 6.45) is 11.8. The van der Waals surface area contributed by atoms with Crippen molar-refractivity contribution in [1.82, 2.24) is 0 Å². The van der Waals surface area contributed by atoms with Crippen molar-refractivity contribution in [2.75, 3.05) is 6.61 Å². The molecule has 2 aromatic carbocycles. The van der Waals surface area contributed by atoms with E-state index in [9.17, 15) is 9.59 Å². The number of thioether (sulfide) groups is 1. The van der Waals surface area contributed by atoms with Crippen molar-refractivity contribution in [3.05, 3.63) is 65.2 Å². The van der Waals surface area contributed by atoms with Crippen LogP contribution in [0.2, 0.25) is 0 Å². The van der Waals surface area contributed by atoms with Crippen LogP contribution in [0, 0.1) is 0 Å². The number of ether oxygens (including phenoxy) is 1. The summed E-state index contributed by atoms with van der Waals surface area (Å²) in [6.45, 7) is 4.50. The Morgan fingerprint density at radius 2 is 1.47 bits per heavy atom. The SMILES string of the molecule is CCCCCCCCCCOc1ccc(C(=O)Sc2ccc(/C=C(\C)C(=O)O)cc2)cc1. The number of aliphatic carboxylic acids is 1. The van der Waals surface area contributed by atoms with Crippen molar-refractivity contribution >= 4 is 28.9 Å². The quantitative estimate of drug-likeness (QED) is 0.181. The third-order valence-corrected chi connectivity index (χ3v) is 6.10. The van der Waals surface area contributed by atoms with E-state index in [1.807, 2.05) is 36.4 Å². The van der Waals surface area contributed by atoms with Crippen LogP contribution in [0.25, 0.3) is 6.08 Å². The minimum absolute atomic E-state index is 0.0374. The van der Waals surface area contributed by atoms with Gasteiger partial charge in [-0.15, -0.1) is 0 Å². The average Bonchev–Trinajstić information content (AvgIpc) is 2.79. The Kier molecular flexibility index (Phi) is 11.7. The molecule has 0 unspecified atom stereocenters. The van der Waals surface area contributed by atoms with E-state index in [2.05, 4.69) is 6.92 Å². The molecule has 0 aromatic heterocycles. The van der Waals surface area contributed by atoms with Gasteiger partial charge in [-0.2, -0.15) is 0 Å². The maximum Gasteiger partial charge on any atom is 0.331 e. The van der Waals surface area contributed by atoms with E-state index in [0.29, 0.717) is 12.2 Å². The van der Waals surface area contributed by atoms with Gasteiger partial charge in [0.05, 0.1) is 6.61 Å². The van der Waals surface area contributed by atoms with Crippen LogP contribution in [-0.2, 0) is 4.79 Å². The molecule has 2 rings (SSSR count). The van der Waals surface area contributed by atoms with Crippen LogP contribution in [0.15, 0.2) is 59.0 Å². The summed E-state index contributed by atoms with van der Waals surface area (Å²) in [4.78, 5) is 24.3. The Morgan fingerprint density at radius 3 is 2.06 bits per heavy atom. The molecule has 0 spiro atoms. The number of unbranched alkanes of at least 4 members (excludes halogenated alkanes) is 7. The number of hydrogen-bond acceptors (Lipinski definition) is 4. The summed E-state index contributed by atoms with van der Waals surface area (Å²) >= 11 is 1.15. The second kappa shape index (κ2) is 14.5. The number of hydrogen-bond donors (Lipinski definition) is 1. The molecule has 0 saturated heterocycles. The highest BCUT2D eigenvalue weighted by Gasteiger charge is 2.09. The van der Waals surface area contributed by atoms with E-state index >= 15 is 0 Å². The number of carbonyl (C=O) groups is 2. The zero-order valence-electron chi connectivity index (χ0n) is 19.1. The molecule has 0 atom stereocenters. The topological polar surface area (TPSA) is 63.6 Å². The van der Waals surface area contributed by atoms with Crippen molar-refractivity contribution in [3.8, 4) is 5.75 Å². The summed E-state index contributed by atoms with van der Waals surface area (Å²) < 4.78 is 5.80. The summed E-state index contributed by atoms with van der Waals surface area (Å²) in [6, 6.07) is 14.6. The summed E-state index contributed by atoms with van der Waals surface area (Å²) in [7, 11) is 0. The molecule has 1 N–H and O–H groups in total. The summed E-state index contributed by atoms with van der Waals surface area (Å²) in [5.74, 6) is -0.150. The molecule has 0 amide bonds. The average molecular weight is 455 g/mol. The van der Waals surface area contributed by atoms with Crippen LogP contribution in [0.1, 0.15) is 81.1 Å². The van der Waals surface area contributed by atoms with Gasteiger partial charge in [0.2, 0.25) is 5.12 Å². The van der Waals surface area contributed by atoms with Gasteiger partial charge in [-0.3, -0.25) is 4.79 Å². The first-order valence-corrected chi connectivity index (χ1v) is 12.3. The number of carboxylic acids is 1. The number of carbonyl (C=O) groups excluding carboxylic acids is 1. The summed E-state index contributed by atoms with van der Waals surface area (Å²) in [5.41, 5.74) is 1.69. The van der Waals surface area contributed by atoms with Gasteiger partial charge in [0, 0.05) is 16.0 Å². The standard InChI is InChI=1S/C27H34O4S/c1-3-4-5-6-7-8-9-10-19-31-24-15-13-23(14-16-24)27(30)32-25-17-11-22(12-18-25)20-21(2)26(28)29/h11-18,20H,3-10,19H2,1-2H3,(H,28,29)/b21-20+. The molecule has 0 fully saturated rings. The molecule has 0 radical (unpaired) electrons. The first-order valence-electron chi connectivity index (χ1n) is 11.5. The zero-order valence-corrected chi connectivity index (χ0v) is 20.0. The van der Waals surface area contributed by atoms with Gasteiger partial charge in [0.25, 0.3) is 0 Å². The van der Waals surface area contributed by atoms with E-state index in [4.69, 9.17) is 9.84 Å². The van der Waals surface area contributed by atoms with E-state index in [1.165, 1.54) is 44.9 Å². The molecule has 4 nitrogen and oxygen atoms in total. The van der Waals surface area contributed by atoms with Crippen LogP contribution >= 0.6 is 11.8 Å². The van der Waals surface area contributed by atoms with Crippen molar-refractivity contribution in [2.24, 2.45) is 0 Å². The third-order valence-electron chi connectivity index (χ3n) is 5.17. The highest BCUT2D eigenvalue weighted by Crippen LogP contribution is 2.25. The van der Waals surface area contributed by atoms with Crippen LogP contribution in [0.3, 0.4) is 0 Å². The predicted molar refractivity (Wildman–Crippen MR) is 132 cm³/mol. The van der Waals surface area contributed by atoms with Crippen LogP contribution in [0.5, 0.6) is 5.75 Å². The Labute approximate surface area is 196 Å². The molecule has 32 heavy (non-hydrogen) atoms. The number of benzene rings is 2. The fourth-order valence-corrected chi connectivity index (χ4v) is 3.96. The van der Waals surface area contributed by atoms with Crippen molar-refractivity contribution < 1.29 is 19.4 Å². The lowest BCUT2D eigenvalue weighted by atomic mass is 10.1. The smallest absolute Gasteiger partial charge is 0.331 e. The van der Waals surface area contributed by atoms with Gasteiger partial charge in [0.15, 0.2) is 0 Å². The molecular formula is C27H34O4S. The van der Waals surface area contributed by atoms with Crippen LogP contribution in [-0.4, -0.2) is 22.8 Å². The lowest BCUT2D eigenvalue weighted by Crippen LogP contribution is -1.98. The highest BCUT2D eigenvalue weighted by atomic mass is 32.2. The summed E-state index contributed by atoms with van der Waals surface area (Å²) in [5, 5.41) is 8.91. The molecule has 0 bridgehead atoms. The molecule has 0 saturated carbocycles. The van der Waals surface area contributed by atoms with Gasteiger partial charge >= 0.3 is 5.97 Å². The fourth-order valence-electron chi connectivity index (χ4n) is 3.22. The molecule has 172 valence electrons. The van der Waals surface area contributed by atoms with Gasteiger partial charge in [-0.25, -0.2) is 4.79 Å². The zero-order chi connectivity index (χ0) is 23.2. The van der Waals surface area contributed by atoms with E-state index in [1.54, 1.807) is 25.1 Å². The minimum Gasteiger partial charge on any atom is -0.494 e. The lowest BCUT2D eigenvalue weighted by Gasteiger charge is -2.07. The molecule has 0 aliphatic rings. The van der Waals surface area contributed by atoms with Gasteiger partial charge < -0.3 is 9.84 Å². The van der Waals surface area contributed by atoms with Gasteiger partial charge in [0.1, 0.15) is 5.75 Å². The van der Waals surface area contributed by atoms with Crippen molar-refractivity contribution in [3.63, 3.8) is 0 Å². The van der Waals surface area contributed by atoms with Crippen LogP contribution < -0.4 is 4.74 Å². The second-order valence-electron chi connectivity index (χ2n) is 7.94. The molecular weight excluding hydrogens is 420 g/mol. The fraction of sp³-hybridized carbons (Fsp3) is 0.407. The van der Waals surface area contributed by atoms with E-state index in [-0.39, 0.29) is 10.7 Å². The maximum absolute atomic E-state index is 12.5. The molecule has 2 aromatic rings. The predicted octanol–water partition coefficient (Wildman–Crippen LogP) is 7.63. The van der Waals surface area contributed by atoms with Gasteiger partial charge in [-0.1, -0.05) is 64.0 Å². The first-order chi connectivity index (χ1) is 15.5. The van der Waals surface area contributed by atoms with Crippen LogP contribution in [0.4, 0.5) is 0 Å². The first kappa shape index (κ1) is 25.7. The Morgan fingerprint density at radius 1 is 0.875 bits per heavy atom. The minimum atomic E-state index is -0.941. The van der Waals surface area contributed by atoms with Gasteiger partial charge in [-0.05, 0) is 73.1 Å².